The molecular weight excluding hydrogens is 262 g/mol. The number of nitrogens with one attached hydrogen (secondary N) is 1. The Morgan fingerprint density at radius 2 is 2.11 bits per heavy atom. The standard InChI is InChI=1S/C13H19N3S2/c1-8(2)9(3)18-7-11-15-12(14-4)10-5-6-17-13(10)16-11/h5-6,8-9H,7H2,1-4H3,(H,14,15,16). The van der Waals surface area contributed by atoms with Gasteiger partial charge in [-0.05, 0) is 17.4 Å². The molecule has 0 radical (unpaired) electrons. The monoisotopic (exact) mass is 281 g/mol. The highest BCUT2D eigenvalue weighted by Gasteiger charge is 2.11. The Morgan fingerprint density at radius 1 is 1.33 bits per heavy atom. The predicted octanol–water partition coefficient (Wildman–Crippen LogP) is 4.01. The number of nitrogens with zero attached hydrogens (tertiary/aromatic N) is 2. The highest BCUT2D eigenvalue weighted by molar-refractivity contribution is 7.99. The van der Waals surface area contributed by atoms with Crippen molar-refractivity contribution in [2.45, 2.75) is 31.8 Å². The quantitative estimate of drug-likeness (QED) is 0.898. The number of aromatic nitrogens is 2. The van der Waals surface area contributed by atoms with Crippen LogP contribution in [0.25, 0.3) is 10.2 Å². The molecule has 2 aromatic rings. The van der Waals surface area contributed by atoms with E-state index in [0.29, 0.717) is 11.2 Å². The van der Waals surface area contributed by atoms with Crippen LogP contribution in [0.5, 0.6) is 0 Å². The lowest BCUT2D eigenvalue weighted by Crippen LogP contribution is -2.07. The molecule has 0 aliphatic carbocycles. The Hall–Kier alpha value is -0.810. The van der Waals surface area contributed by atoms with E-state index in [4.69, 9.17) is 0 Å². The Morgan fingerprint density at radius 3 is 2.78 bits per heavy atom. The first kappa shape index (κ1) is 13.6. The number of hydrogen-bond acceptors (Lipinski definition) is 5. The van der Waals surface area contributed by atoms with Gasteiger partial charge < -0.3 is 5.32 Å². The third kappa shape index (κ3) is 2.95. The van der Waals surface area contributed by atoms with E-state index >= 15 is 0 Å². The first-order valence-corrected chi connectivity index (χ1v) is 8.08. The van der Waals surface area contributed by atoms with E-state index in [-0.39, 0.29) is 0 Å². The smallest absolute Gasteiger partial charge is 0.142 e. The summed E-state index contributed by atoms with van der Waals surface area (Å²) >= 11 is 3.59. The van der Waals surface area contributed by atoms with Crippen molar-refractivity contribution in [2.75, 3.05) is 12.4 Å². The van der Waals surface area contributed by atoms with E-state index < -0.39 is 0 Å². The second-order valence-electron chi connectivity index (χ2n) is 4.64. The minimum Gasteiger partial charge on any atom is -0.372 e. The Kier molecular flexibility index (Phi) is 4.45. The third-order valence-corrected chi connectivity index (χ3v) is 5.32. The third-order valence-electron chi connectivity index (χ3n) is 3.02. The Labute approximate surface area is 116 Å². The summed E-state index contributed by atoms with van der Waals surface area (Å²) in [6.45, 7) is 6.76. The van der Waals surface area contributed by atoms with Gasteiger partial charge >= 0.3 is 0 Å². The molecule has 0 aliphatic heterocycles. The lowest BCUT2D eigenvalue weighted by Gasteiger charge is -2.14. The van der Waals surface area contributed by atoms with Crippen LogP contribution in [0.4, 0.5) is 5.82 Å². The number of thiophene rings is 1. The largest absolute Gasteiger partial charge is 0.372 e. The van der Waals surface area contributed by atoms with Crippen LogP contribution < -0.4 is 5.32 Å². The Bertz CT molecular complexity index is 522. The zero-order chi connectivity index (χ0) is 13.1. The normalized spacial score (nSPS) is 13.2. The molecule has 98 valence electrons. The molecule has 2 heterocycles. The van der Waals surface area contributed by atoms with Crippen molar-refractivity contribution in [3.63, 3.8) is 0 Å². The summed E-state index contributed by atoms with van der Waals surface area (Å²) in [7, 11) is 1.91. The Balaban J connectivity index is 2.18. The van der Waals surface area contributed by atoms with E-state index in [1.807, 2.05) is 18.8 Å². The van der Waals surface area contributed by atoms with Gasteiger partial charge in [0.25, 0.3) is 0 Å². The van der Waals surface area contributed by atoms with Crippen molar-refractivity contribution >= 4 is 39.1 Å². The first-order valence-electron chi connectivity index (χ1n) is 6.15. The van der Waals surface area contributed by atoms with Crippen LogP contribution in [0, 0.1) is 5.92 Å². The van der Waals surface area contributed by atoms with Crippen molar-refractivity contribution in [1.82, 2.24) is 9.97 Å². The fourth-order valence-electron chi connectivity index (χ4n) is 1.55. The minimum atomic E-state index is 0.630. The molecule has 0 saturated heterocycles. The lowest BCUT2D eigenvalue weighted by atomic mass is 10.2. The van der Waals surface area contributed by atoms with E-state index in [0.717, 1.165) is 27.6 Å². The second kappa shape index (κ2) is 5.89. The van der Waals surface area contributed by atoms with Crippen molar-refractivity contribution in [3.8, 4) is 0 Å². The van der Waals surface area contributed by atoms with Gasteiger partial charge in [-0.1, -0.05) is 20.8 Å². The maximum Gasteiger partial charge on any atom is 0.142 e. The van der Waals surface area contributed by atoms with Gasteiger partial charge in [-0.3, -0.25) is 0 Å². The predicted molar refractivity (Wildman–Crippen MR) is 82.6 cm³/mol. The van der Waals surface area contributed by atoms with Crippen LogP contribution in [0.3, 0.4) is 0 Å². The van der Waals surface area contributed by atoms with Crippen LogP contribution >= 0.6 is 23.1 Å². The molecule has 1 N–H and O–H groups in total. The van der Waals surface area contributed by atoms with Crippen molar-refractivity contribution < 1.29 is 0 Å². The summed E-state index contributed by atoms with van der Waals surface area (Å²) in [4.78, 5) is 10.3. The average molecular weight is 281 g/mol. The molecular formula is C13H19N3S2. The summed E-state index contributed by atoms with van der Waals surface area (Å²) < 4.78 is 0. The molecule has 18 heavy (non-hydrogen) atoms. The number of thioether (sulfide) groups is 1. The molecule has 0 bridgehead atoms. The molecule has 0 saturated carbocycles. The zero-order valence-corrected chi connectivity index (χ0v) is 12.9. The van der Waals surface area contributed by atoms with Crippen LogP contribution in [0.15, 0.2) is 11.4 Å². The van der Waals surface area contributed by atoms with Gasteiger partial charge in [0.2, 0.25) is 0 Å². The maximum atomic E-state index is 4.62. The number of fused-ring (bicyclic) bond motifs is 1. The van der Waals surface area contributed by atoms with Gasteiger partial charge in [-0.15, -0.1) is 11.3 Å². The molecule has 0 spiro atoms. The van der Waals surface area contributed by atoms with Gasteiger partial charge in [-0.2, -0.15) is 11.8 Å². The first-order chi connectivity index (χ1) is 8.61. The fraction of sp³-hybridized carbons (Fsp3) is 0.538. The van der Waals surface area contributed by atoms with Gasteiger partial charge in [0.05, 0.1) is 11.1 Å². The highest BCUT2D eigenvalue weighted by atomic mass is 32.2. The topological polar surface area (TPSA) is 37.8 Å². The van der Waals surface area contributed by atoms with Gasteiger partial charge in [0, 0.05) is 12.3 Å². The van der Waals surface area contributed by atoms with E-state index in [1.54, 1.807) is 11.3 Å². The van der Waals surface area contributed by atoms with E-state index in [9.17, 15) is 0 Å². The highest BCUT2D eigenvalue weighted by Crippen LogP contribution is 2.27. The SMILES string of the molecule is CNc1nc(CSC(C)C(C)C)nc2sccc12. The number of hydrogen-bond donors (Lipinski definition) is 1. The minimum absolute atomic E-state index is 0.630. The molecule has 0 aromatic carbocycles. The molecule has 0 fully saturated rings. The molecule has 3 nitrogen and oxygen atoms in total. The van der Waals surface area contributed by atoms with Crippen molar-refractivity contribution in [2.24, 2.45) is 5.92 Å². The summed E-state index contributed by atoms with van der Waals surface area (Å²) in [6.07, 6.45) is 0. The lowest BCUT2D eigenvalue weighted by molar-refractivity contribution is 0.642. The van der Waals surface area contributed by atoms with Crippen molar-refractivity contribution in [3.05, 3.63) is 17.3 Å². The van der Waals surface area contributed by atoms with Crippen LogP contribution in [0.2, 0.25) is 0 Å². The summed E-state index contributed by atoms with van der Waals surface area (Å²) in [5.74, 6) is 3.42. The summed E-state index contributed by atoms with van der Waals surface area (Å²) in [5.41, 5.74) is 0. The molecule has 1 atom stereocenters. The van der Waals surface area contributed by atoms with Gasteiger partial charge in [0.1, 0.15) is 16.5 Å². The number of rotatable bonds is 5. The molecule has 0 aliphatic rings. The van der Waals surface area contributed by atoms with Crippen LogP contribution in [-0.2, 0) is 5.75 Å². The molecule has 2 rings (SSSR count). The molecule has 0 amide bonds. The molecule has 5 heteroatoms. The molecule has 2 aromatic heterocycles. The van der Waals surface area contributed by atoms with Gasteiger partial charge in [0.15, 0.2) is 0 Å². The average Bonchev–Trinajstić information content (AvgIpc) is 2.82. The fourth-order valence-corrected chi connectivity index (χ4v) is 3.26. The number of anilines is 1. The molecule has 1 unspecified atom stereocenters. The van der Waals surface area contributed by atoms with Crippen LogP contribution in [0.1, 0.15) is 26.6 Å². The maximum absolute atomic E-state index is 4.62. The zero-order valence-electron chi connectivity index (χ0n) is 11.2. The summed E-state index contributed by atoms with van der Waals surface area (Å²) in [5, 5.41) is 6.97. The summed E-state index contributed by atoms with van der Waals surface area (Å²) in [6, 6.07) is 2.07. The van der Waals surface area contributed by atoms with Gasteiger partial charge in [-0.25, -0.2) is 9.97 Å². The van der Waals surface area contributed by atoms with Crippen LogP contribution in [-0.4, -0.2) is 22.3 Å². The van der Waals surface area contributed by atoms with E-state index in [1.165, 1.54) is 0 Å². The van der Waals surface area contributed by atoms with E-state index in [2.05, 4.69) is 47.5 Å². The second-order valence-corrected chi connectivity index (χ2v) is 6.90. The van der Waals surface area contributed by atoms with Crippen molar-refractivity contribution in [1.29, 1.82) is 0 Å².